The van der Waals surface area contributed by atoms with Gasteiger partial charge in [0.05, 0.1) is 11.0 Å². The standard InChI is InChI=1S/C14H13ClN2S/c1-2-3-4-10-8-13-14(18-10)17-12-7-9(15)5-6-11(12)16-13/h5-8H,2-4H2,1H3. The Labute approximate surface area is 115 Å². The molecule has 3 rings (SSSR count). The zero-order chi connectivity index (χ0) is 12.5. The van der Waals surface area contributed by atoms with Crippen molar-refractivity contribution < 1.29 is 0 Å². The highest BCUT2D eigenvalue weighted by atomic mass is 35.5. The van der Waals surface area contributed by atoms with E-state index in [2.05, 4.69) is 23.0 Å². The van der Waals surface area contributed by atoms with Gasteiger partial charge in [-0.25, -0.2) is 9.97 Å². The van der Waals surface area contributed by atoms with Gasteiger partial charge in [-0.1, -0.05) is 24.9 Å². The summed E-state index contributed by atoms with van der Waals surface area (Å²) in [6, 6.07) is 7.81. The van der Waals surface area contributed by atoms with E-state index in [1.54, 1.807) is 11.3 Å². The maximum atomic E-state index is 5.98. The van der Waals surface area contributed by atoms with Crippen LogP contribution < -0.4 is 0 Å². The third-order valence-corrected chi connectivity index (χ3v) is 4.23. The molecule has 92 valence electrons. The number of benzene rings is 1. The highest BCUT2D eigenvalue weighted by Crippen LogP contribution is 2.27. The molecule has 3 aromatic rings. The van der Waals surface area contributed by atoms with Gasteiger partial charge < -0.3 is 0 Å². The number of aryl methyl sites for hydroxylation is 1. The molecule has 0 N–H and O–H groups in total. The number of thiophene rings is 1. The van der Waals surface area contributed by atoms with Crippen molar-refractivity contribution >= 4 is 44.3 Å². The van der Waals surface area contributed by atoms with Gasteiger partial charge >= 0.3 is 0 Å². The number of unbranched alkanes of at least 4 members (excludes halogenated alkanes) is 1. The van der Waals surface area contributed by atoms with Gasteiger partial charge in [0.25, 0.3) is 0 Å². The molecule has 0 amide bonds. The monoisotopic (exact) mass is 276 g/mol. The lowest BCUT2D eigenvalue weighted by atomic mass is 10.2. The summed E-state index contributed by atoms with van der Waals surface area (Å²) in [5, 5.41) is 0.707. The summed E-state index contributed by atoms with van der Waals surface area (Å²) >= 11 is 7.72. The third-order valence-electron chi connectivity index (χ3n) is 2.92. The second-order valence-electron chi connectivity index (χ2n) is 4.36. The van der Waals surface area contributed by atoms with Crippen molar-refractivity contribution in [2.45, 2.75) is 26.2 Å². The maximum absolute atomic E-state index is 5.98. The molecule has 0 aliphatic heterocycles. The van der Waals surface area contributed by atoms with E-state index in [4.69, 9.17) is 11.6 Å². The van der Waals surface area contributed by atoms with Crippen molar-refractivity contribution in [1.82, 2.24) is 9.97 Å². The molecule has 0 aliphatic rings. The zero-order valence-electron chi connectivity index (χ0n) is 10.1. The van der Waals surface area contributed by atoms with Crippen LogP contribution in [0, 0.1) is 0 Å². The van der Waals surface area contributed by atoms with Gasteiger partial charge in [0, 0.05) is 9.90 Å². The predicted octanol–water partition coefficient (Wildman–Crippen LogP) is 4.84. The van der Waals surface area contributed by atoms with E-state index in [1.807, 2.05) is 18.2 Å². The van der Waals surface area contributed by atoms with Gasteiger partial charge in [-0.05, 0) is 37.1 Å². The Morgan fingerprint density at radius 3 is 2.83 bits per heavy atom. The van der Waals surface area contributed by atoms with E-state index >= 15 is 0 Å². The van der Waals surface area contributed by atoms with E-state index in [-0.39, 0.29) is 0 Å². The molecule has 0 aliphatic carbocycles. The highest BCUT2D eigenvalue weighted by molar-refractivity contribution is 7.18. The number of fused-ring (bicyclic) bond motifs is 2. The fourth-order valence-corrected chi connectivity index (χ4v) is 3.16. The Morgan fingerprint density at radius 2 is 2.00 bits per heavy atom. The summed E-state index contributed by atoms with van der Waals surface area (Å²) in [6.45, 7) is 2.21. The summed E-state index contributed by atoms with van der Waals surface area (Å²) in [6.07, 6.45) is 3.56. The lowest BCUT2D eigenvalue weighted by Gasteiger charge is -1.96. The second kappa shape index (κ2) is 4.82. The molecular weight excluding hydrogens is 264 g/mol. The average molecular weight is 277 g/mol. The largest absolute Gasteiger partial charge is 0.244 e. The van der Waals surface area contributed by atoms with Crippen molar-refractivity contribution in [2.75, 3.05) is 0 Å². The van der Waals surface area contributed by atoms with Gasteiger partial charge in [0.1, 0.15) is 10.3 Å². The summed E-state index contributed by atoms with van der Waals surface area (Å²) in [4.78, 5) is 11.7. The van der Waals surface area contributed by atoms with Crippen molar-refractivity contribution in [3.8, 4) is 0 Å². The number of nitrogens with zero attached hydrogens (tertiary/aromatic N) is 2. The molecule has 0 bridgehead atoms. The van der Waals surface area contributed by atoms with Crippen LogP contribution in [0.5, 0.6) is 0 Å². The minimum absolute atomic E-state index is 0.707. The van der Waals surface area contributed by atoms with Gasteiger partial charge in [0.15, 0.2) is 0 Å². The summed E-state index contributed by atoms with van der Waals surface area (Å²) in [5.74, 6) is 0. The van der Waals surface area contributed by atoms with Crippen LogP contribution in [-0.4, -0.2) is 9.97 Å². The normalized spacial score (nSPS) is 11.4. The zero-order valence-corrected chi connectivity index (χ0v) is 11.7. The van der Waals surface area contributed by atoms with Crippen molar-refractivity contribution in [1.29, 1.82) is 0 Å². The van der Waals surface area contributed by atoms with Crippen LogP contribution >= 0.6 is 22.9 Å². The van der Waals surface area contributed by atoms with Crippen LogP contribution in [0.2, 0.25) is 5.02 Å². The number of rotatable bonds is 3. The summed E-state index contributed by atoms with van der Waals surface area (Å²) < 4.78 is 0. The number of hydrogen-bond acceptors (Lipinski definition) is 3. The van der Waals surface area contributed by atoms with E-state index in [0.29, 0.717) is 5.02 Å². The van der Waals surface area contributed by atoms with E-state index in [1.165, 1.54) is 17.7 Å². The highest BCUT2D eigenvalue weighted by Gasteiger charge is 2.06. The molecule has 4 heteroatoms. The smallest absolute Gasteiger partial charge is 0.142 e. The average Bonchev–Trinajstić information content (AvgIpc) is 2.75. The van der Waals surface area contributed by atoms with Gasteiger partial charge in [0.2, 0.25) is 0 Å². The van der Waals surface area contributed by atoms with Crippen LogP contribution in [0.15, 0.2) is 24.3 Å². The first kappa shape index (κ1) is 11.9. The lowest BCUT2D eigenvalue weighted by Crippen LogP contribution is -1.83. The topological polar surface area (TPSA) is 25.8 Å². The summed E-state index contributed by atoms with van der Waals surface area (Å²) in [5.41, 5.74) is 2.78. The Hall–Kier alpha value is -1.19. The van der Waals surface area contributed by atoms with Gasteiger partial charge in [-0.15, -0.1) is 11.3 Å². The molecule has 1 aromatic carbocycles. The Bertz CT molecular complexity index is 705. The molecule has 2 heterocycles. The molecule has 0 spiro atoms. The Balaban J connectivity index is 2.12. The maximum Gasteiger partial charge on any atom is 0.142 e. The molecule has 2 nitrogen and oxygen atoms in total. The van der Waals surface area contributed by atoms with Gasteiger partial charge in [-0.2, -0.15) is 0 Å². The first-order chi connectivity index (χ1) is 8.76. The Morgan fingerprint density at radius 1 is 1.11 bits per heavy atom. The molecule has 18 heavy (non-hydrogen) atoms. The van der Waals surface area contributed by atoms with Gasteiger partial charge in [-0.3, -0.25) is 0 Å². The quantitative estimate of drug-likeness (QED) is 0.684. The molecule has 0 atom stereocenters. The van der Waals surface area contributed by atoms with E-state index in [9.17, 15) is 0 Å². The third kappa shape index (κ3) is 2.20. The fourth-order valence-electron chi connectivity index (χ4n) is 1.97. The van der Waals surface area contributed by atoms with Crippen LogP contribution in [-0.2, 0) is 6.42 Å². The SMILES string of the molecule is CCCCc1cc2nc3ccc(Cl)cc3nc2s1. The molecule has 0 unspecified atom stereocenters. The number of aromatic nitrogens is 2. The minimum atomic E-state index is 0.707. The minimum Gasteiger partial charge on any atom is -0.244 e. The molecule has 0 fully saturated rings. The summed E-state index contributed by atoms with van der Waals surface area (Å²) in [7, 11) is 0. The Kier molecular flexibility index (Phi) is 3.18. The predicted molar refractivity (Wildman–Crippen MR) is 78.5 cm³/mol. The van der Waals surface area contributed by atoms with E-state index < -0.39 is 0 Å². The first-order valence-electron chi connectivity index (χ1n) is 6.12. The van der Waals surface area contributed by atoms with Crippen molar-refractivity contribution in [3.63, 3.8) is 0 Å². The van der Waals surface area contributed by atoms with Crippen LogP contribution in [0.25, 0.3) is 21.4 Å². The van der Waals surface area contributed by atoms with Crippen LogP contribution in [0.4, 0.5) is 0 Å². The number of hydrogen-bond donors (Lipinski definition) is 0. The molecule has 0 saturated heterocycles. The van der Waals surface area contributed by atoms with Crippen LogP contribution in [0.3, 0.4) is 0 Å². The second-order valence-corrected chi connectivity index (χ2v) is 5.91. The molecule has 0 radical (unpaired) electrons. The van der Waals surface area contributed by atoms with E-state index in [0.717, 1.165) is 27.8 Å². The molecule has 0 saturated carbocycles. The van der Waals surface area contributed by atoms with Crippen molar-refractivity contribution in [3.05, 3.63) is 34.2 Å². The number of halogens is 1. The fraction of sp³-hybridized carbons (Fsp3) is 0.286. The van der Waals surface area contributed by atoms with Crippen LogP contribution in [0.1, 0.15) is 24.6 Å². The lowest BCUT2D eigenvalue weighted by molar-refractivity contribution is 0.804. The molecular formula is C14H13ClN2S. The van der Waals surface area contributed by atoms with Crippen molar-refractivity contribution in [2.24, 2.45) is 0 Å². The molecule has 2 aromatic heterocycles. The first-order valence-corrected chi connectivity index (χ1v) is 7.31.